The number of methoxy groups -OCH3 is 1. The van der Waals surface area contributed by atoms with Crippen molar-refractivity contribution in [3.8, 4) is 11.5 Å². The van der Waals surface area contributed by atoms with Crippen LogP contribution in [0.5, 0.6) is 11.5 Å². The molecule has 5 rings (SSSR count). The zero-order valence-corrected chi connectivity index (χ0v) is 19.9. The summed E-state index contributed by atoms with van der Waals surface area (Å²) >= 11 is 0. The van der Waals surface area contributed by atoms with Crippen LogP contribution in [-0.4, -0.2) is 55.7 Å². The van der Waals surface area contributed by atoms with Gasteiger partial charge in [0.25, 0.3) is 0 Å². The number of hydrogen-bond donors (Lipinski definition) is 0. The Morgan fingerprint density at radius 3 is 2.38 bits per heavy atom. The predicted molar refractivity (Wildman–Crippen MR) is 130 cm³/mol. The molecule has 0 saturated carbocycles. The number of ether oxygens (including phenoxy) is 2. The third-order valence-corrected chi connectivity index (χ3v) is 7.96. The highest BCUT2D eigenvalue weighted by Crippen LogP contribution is 2.45. The molecule has 172 valence electrons. The summed E-state index contributed by atoms with van der Waals surface area (Å²) in [4.78, 5) is 5.27. The van der Waals surface area contributed by atoms with Gasteiger partial charge >= 0.3 is 0 Å². The Bertz CT molecular complexity index is 902. The first kappa shape index (κ1) is 21.8. The van der Waals surface area contributed by atoms with Crippen LogP contribution in [0.2, 0.25) is 0 Å². The standard InChI is InChI=1S/C28H38N2O2/c1-20(2)29-15-12-21(13-16-29)19-32-24-10-11-25-26(17-24)28-5-4-14-30(28)18-27(25)22-6-8-23(31-3)9-7-22/h6-11,17,20-21,27-28H,4-5,12-16,18-19H2,1-3H3. The van der Waals surface area contributed by atoms with Crippen molar-refractivity contribution in [3.05, 3.63) is 59.2 Å². The van der Waals surface area contributed by atoms with E-state index in [0.29, 0.717) is 23.9 Å². The Hall–Kier alpha value is -2.04. The fraction of sp³-hybridized carbons (Fsp3) is 0.571. The molecule has 2 atom stereocenters. The van der Waals surface area contributed by atoms with E-state index in [1.807, 2.05) is 0 Å². The monoisotopic (exact) mass is 434 g/mol. The fourth-order valence-electron chi connectivity index (χ4n) is 5.95. The Morgan fingerprint density at radius 1 is 0.906 bits per heavy atom. The third kappa shape index (κ3) is 4.40. The van der Waals surface area contributed by atoms with Gasteiger partial charge in [-0.1, -0.05) is 18.2 Å². The van der Waals surface area contributed by atoms with Gasteiger partial charge in [0.2, 0.25) is 0 Å². The fourth-order valence-corrected chi connectivity index (χ4v) is 5.95. The highest BCUT2D eigenvalue weighted by Gasteiger charge is 2.36. The van der Waals surface area contributed by atoms with Gasteiger partial charge in [-0.25, -0.2) is 0 Å². The molecule has 4 heteroatoms. The summed E-state index contributed by atoms with van der Waals surface area (Å²) in [5, 5.41) is 0. The summed E-state index contributed by atoms with van der Waals surface area (Å²) in [6.45, 7) is 10.2. The zero-order chi connectivity index (χ0) is 22.1. The maximum atomic E-state index is 6.37. The first-order valence-electron chi connectivity index (χ1n) is 12.5. The van der Waals surface area contributed by atoms with E-state index < -0.39 is 0 Å². The normalized spacial score (nSPS) is 24.4. The van der Waals surface area contributed by atoms with Gasteiger partial charge < -0.3 is 14.4 Å². The first-order valence-corrected chi connectivity index (χ1v) is 12.5. The quantitative estimate of drug-likeness (QED) is 0.601. The molecule has 4 nitrogen and oxygen atoms in total. The maximum absolute atomic E-state index is 6.37. The summed E-state index contributed by atoms with van der Waals surface area (Å²) in [5.74, 6) is 3.07. The van der Waals surface area contributed by atoms with Crippen LogP contribution >= 0.6 is 0 Å². The summed E-state index contributed by atoms with van der Waals surface area (Å²) in [5.41, 5.74) is 4.35. The summed E-state index contributed by atoms with van der Waals surface area (Å²) in [6.07, 6.45) is 5.05. The van der Waals surface area contributed by atoms with Crippen molar-refractivity contribution in [2.45, 2.75) is 57.5 Å². The summed E-state index contributed by atoms with van der Waals surface area (Å²) < 4.78 is 11.7. The molecule has 0 radical (unpaired) electrons. The van der Waals surface area contributed by atoms with E-state index in [1.165, 1.54) is 62.0 Å². The second-order valence-corrected chi connectivity index (χ2v) is 10.2. The van der Waals surface area contributed by atoms with Gasteiger partial charge in [0.1, 0.15) is 11.5 Å². The van der Waals surface area contributed by atoms with Crippen molar-refractivity contribution >= 4 is 0 Å². The molecule has 0 aliphatic carbocycles. The Labute approximate surface area is 193 Å². The number of hydrogen-bond acceptors (Lipinski definition) is 4. The number of likely N-dealkylation sites (tertiary alicyclic amines) is 1. The van der Waals surface area contributed by atoms with Crippen molar-refractivity contribution in [2.75, 3.05) is 39.9 Å². The number of nitrogens with zero attached hydrogens (tertiary/aromatic N) is 2. The summed E-state index contributed by atoms with van der Waals surface area (Å²) in [6, 6.07) is 16.8. The maximum Gasteiger partial charge on any atom is 0.119 e. The Balaban J connectivity index is 1.32. The van der Waals surface area contributed by atoms with Crippen LogP contribution in [0.25, 0.3) is 0 Å². The van der Waals surface area contributed by atoms with E-state index in [1.54, 1.807) is 7.11 Å². The lowest BCUT2D eigenvalue weighted by molar-refractivity contribution is 0.119. The molecule has 2 aromatic rings. The van der Waals surface area contributed by atoms with Crippen molar-refractivity contribution in [1.82, 2.24) is 9.80 Å². The highest BCUT2D eigenvalue weighted by molar-refractivity contribution is 5.47. The molecule has 0 bridgehead atoms. The highest BCUT2D eigenvalue weighted by atomic mass is 16.5. The largest absolute Gasteiger partial charge is 0.497 e. The van der Waals surface area contributed by atoms with Crippen LogP contribution < -0.4 is 9.47 Å². The minimum atomic E-state index is 0.416. The van der Waals surface area contributed by atoms with Gasteiger partial charge in [0.15, 0.2) is 0 Å². The number of benzene rings is 2. The molecule has 0 aromatic heterocycles. The lowest BCUT2D eigenvalue weighted by Gasteiger charge is -2.38. The predicted octanol–water partition coefficient (Wildman–Crippen LogP) is 5.48. The summed E-state index contributed by atoms with van der Waals surface area (Å²) in [7, 11) is 1.73. The molecule has 0 spiro atoms. The molecule has 2 unspecified atom stereocenters. The van der Waals surface area contributed by atoms with Crippen LogP contribution in [0.15, 0.2) is 42.5 Å². The lowest BCUT2D eigenvalue weighted by Crippen LogP contribution is -2.39. The average Bonchev–Trinajstić information content (AvgIpc) is 3.31. The smallest absolute Gasteiger partial charge is 0.119 e. The van der Waals surface area contributed by atoms with E-state index in [9.17, 15) is 0 Å². The number of piperidine rings is 1. The van der Waals surface area contributed by atoms with E-state index in [-0.39, 0.29) is 0 Å². The van der Waals surface area contributed by atoms with Crippen LogP contribution in [-0.2, 0) is 0 Å². The molecule has 2 fully saturated rings. The molecular formula is C28H38N2O2. The molecular weight excluding hydrogens is 396 g/mol. The van der Waals surface area contributed by atoms with Crippen LogP contribution in [0.1, 0.15) is 68.2 Å². The molecule has 2 saturated heterocycles. The topological polar surface area (TPSA) is 24.9 Å². The molecule has 3 heterocycles. The zero-order valence-electron chi connectivity index (χ0n) is 19.9. The number of fused-ring (bicyclic) bond motifs is 3. The van der Waals surface area contributed by atoms with Gasteiger partial charge in [-0.3, -0.25) is 4.90 Å². The van der Waals surface area contributed by atoms with Gasteiger partial charge in [0, 0.05) is 24.5 Å². The Kier molecular flexibility index (Phi) is 6.43. The molecule has 3 aliphatic rings. The van der Waals surface area contributed by atoms with Gasteiger partial charge in [-0.15, -0.1) is 0 Å². The van der Waals surface area contributed by atoms with E-state index in [0.717, 1.165) is 24.7 Å². The van der Waals surface area contributed by atoms with Gasteiger partial charge in [-0.2, -0.15) is 0 Å². The molecule has 3 aliphatic heterocycles. The SMILES string of the molecule is COc1ccc(C2CN3CCCC3c3cc(OCC4CCN(C(C)C)CC4)ccc32)cc1. The van der Waals surface area contributed by atoms with Crippen molar-refractivity contribution in [3.63, 3.8) is 0 Å². The Morgan fingerprint density at radius 2 is 1.66 bits per heavy atom. The first-order chi connectivity index (χ1) is 15.6. The van der Waals surface area contributed by atoms with Gasteiger partial charge in [-0.05, 0) is 106 Å². The van der Waals surface area contributed by atoms with Crippen molar-refractivity contribution in [1.29, 1.82) is 0 Å². The second kappa shape index (κ2) is 9.44. The molecule has 32 heavy (non-hydrogen) atoms. The van der Waals surface area contributed by atoms with E-state index >= 15 is 0 Å². The lowest BCUT2D eigenvalue weighted by atomic mass is 9.81. The number of rotatable bonds is 6. The van der Waals surface area contributed by atoms with Crippen molar-refractivity contribution in [2.24, 2.45) is 5.92 Å². The van der Waals surface area contributed by atoms with Crippen LogP contribution in [0, 0.1) is 5.92 Å². The van der Waals surface area contributed by atoms with Gasteiger partial charge in [0.05, 0.1) is 13.7 Å². The van der Waals surface area contributed by atoms with Crippen LogP contribution in [0.3, 0.4) is 0 Å². The van der Waals surface area contributed by atoms with E-state index in [4.69, 9.17) is 9.47 Å². The minimum absolute atomic E-state index is 0.416. The minimum Gasteiger partial charge on any atom is -0.497 e. The second-order valence-electron chi connectivity index (χ2n) is 10.2. The third-order valence-electron chi connectivity index (χ3n) is 7.96. The molecule has 0 amide bonds. The van der Waals surface area contributed by atoms with E-state index in [2.05, 4.69) is 66.1 Å². The average molecular weight is 435 g/mol. The molecule has 0 N–H and O–H groups in total. The van der Waals surface area contributed by atoms with Crippen molar-refractivity contribution < 1.29 is 9.47 Å². The molecule has 2 aromatic carbocycles. The van der Waals surface area contributed by atoms with Crippen LogP contribution in [0.4, 0.5) is 0 Å².